The van der Waals surface area contributed by atoms with Crippen LogP contribution in [0.3, 0.4) is 0 Å². The van der Waals surface area contributed by atoms with Crippen molar-refractivity contribution in [1.82, 2.24) is 9.55 Å². The van der Waals surface area contributed by atoms with E-state index in [1.807, 2.05) is 103 Å². The van der Waals surface area contributed by atoms with Gasteiger partial charge in [0.15, 0.2) is 0 Å². The minimum atomic E-state index is -0.610. The van der Waals surface area contributed by atoms with E-state index < -0.39 is 30.0 Å². The van der Waals surface area contributed by atoms with Gasteiger partial charge in [0, 0.05) is 34.3 Å². The zero-order valence-electron chi connectivity index (χ0n) is 21.4. The van der Waals surface area contributed by atoms with Crippen molar-refractivity contribution in [3.63, 3.8) is 0 Å². The van der Waals surface area contributed by atoms with E-state index in [0.29, 0.717) is 0 Å². The maximum absolute atomic E-state index is 13.1. The first-order chi connectivity index (χ1) is 16.3. The summed E-state index contributed by atoms with van der Waals surface area (Å²) in [4.78, 5) is 17.8. The summed E-state index contributed by atoms with van der Waals surface area (Å²) in [5, 5.41) is 1.94. The fourth-order valence-electron chi connectivity index (χ4n) is 4.28. The van der Waals surface area contributed by atoms with Gasteiger partial charge in [0.25, 0.3) is 0 Å². The predicted molar refractivity (Wildman–Crippen MR) is 140 cm³/mol. The third-order valence-corrected chi connectivity index (χ3v) is 6.85. The van der Waals surface area contributed by atoms with Crippen LogP contribution in [0.15, 0.2) is 60.9 Å². The fraction of sp³-hybridized carbons (Fsp3) is 0.357. The van der Waals surface area contributed by atoms with Crippen LogP contribution in [0.4, 0.5) is 4.79 Å². The van der Waals surface area contributed by atoms with E-state index >= 15 is 0 Å². The molecule has 1 saturated heterocycles. The molecule has 1 fully saturated rings. The number of pyridine rings is 1. The molecule has 4 aromatic rings. The number of carbonyl (C=O) groups is 1. The molecule has 5 rings (SSSR count). The van der Waals surface area contributed by atoms with Crippen molar-refractivity contribution in [3.8, 4) is 11.1 Å². The Morgan fingerprint density at radius 2 is 1.69 bits per heavy atom. The molecule has 3 heterocycles. The maximum atomic E-state index is 13.1. The summed E-state index contributed by atoms with van der Waals surface area (Å²) < 4.78 is 19.8. The Kier molecular flexibility index (Phi) is 5.35. The molecule has 0 bridgehead atoms. The Hall–Kier alpha value is -3.16. The van der Waals surface area contributed by atoms with E-state index in [4.69, 9.17) is 14.0 Å². The van der Waals surface area contributed by atoms with Gasteiger partial charge in [0.2, 0.25) is 0 Å². The summed E-state index contributed by atoms with van der Waals surface area (Å²) >= 11 is 0. The fourth-order valence-corrected chi connectivity index (χ4v) is 4.28. The quantitative estimate of drug-likeness (QED) is 0.340. The van der Waals surface area contributed by atoms with Crippen molar-refractivity contribution in [2.24, 2.45) is 0 Å². The lowest BCUT2D eigenvalue weighted by molar-refractivity contribution is 0.00578. The molecule has 0 aliphatic carbocycles. The van der Waals surface area contributed by atoms with Crippen LogP contribution in [0.2, 0.25) is 0 Å². The number of carbonyl (C=O) groups excluding carboxylic acids is 1. The zero-order chi connectivity index (χ0) is 25.2. The lowest BCUT2D eigenvalue weighted by Crippen LogP contribution is -2.41. The Morgan fingerprint density at radius 1 is 1.00 bits per heavy atom. The molecule has 35 heavy (non-hydrogen) atoms. The van der Waals surface area contributed by atoms with Crippen molar-refractivity contribution in [2.45, 2.75) is 65.3 Å². The Balaban J connectivity index is 1.66. The number of fused-ring (bicyclic) bond motifs is 2. The second-order valence-corrected chi connectivity index (χ2v) is 11.2. The van der Waals surface area contributed by atoms with E-state index in [0.717, 1.165) is 38.4 Å². The molecule has 7 heteroatoms. The normalized spacial score (nSPS) is 17.3. The monoisotopic (exact) mass is 470 g/mol. The number of hydrogen-bond acceptors (Lipinski definition) is 5. The molecule has 0 saturated carbocycles. The summed E-state index contributed by atoms with van der Waals surface area (Å²) in [6.07, 6.45) is 3.25. The lowest BCUT2D eigenvalue weighted by atomic mass is 9.78. The molecule has 1 aliphatic heterocycles. The predicted octanol–water partition coefficient (Wildman–Crippen LogP) is 5.94. The van der Waals surface area contributed by atoms with Crippen LogP contribution in [-0.2, 0) is 14.0 Å². The highest BCUT2D eigenvalue weighted by Crippen LogP contribution is 2.37. The van der Waals surface area contributed by atoms with Crippen molar-refractivity contribution < 1.29 is 18.8 Å². The summed E-state index contributed by atoms with van der Waals surface area (Å²) in [6.45, 7) is 13.7. The van der Waals surface area contributed by atoms with Crippen LogP contribution in [0.25, 0.3) is 32.9 Å². The van der Waals surface area contributed by atoms with Gasteiger partial charge in [-0.2, -0.15) is 0 Å². The molecule has 0 amide bonds. The standard InChI is InChI=1S/C28H31BN2O4/c1-26(2,3)33-25(32)31-17-22(19-14-18-10-8-9-11-23(18)30-16-19)21-15-20(12-13-24(21)31)29-34-27(4,5)28(6,7)35-29/h8-17H,1-7H3. The third kappa shape index (κ3) is 4.24. The number of para-hydroxylation sites is 1. The highest BCUT2D eigenvalue weighted by molar-refractivity contribution is 6.62. The van der Waals surface area contributed by atoms with E-state index in [1.165, 1.54) is 0 Å². The molecular weight excluding hydrogens is 439 g/mol. The third-order valence-electron chi connectivity index (χ3n) is 6.85. The van der Waals surface area contributed by atoms with Crippen LogP contribution in [-0.4, -0.2) is 39.6 Å². The molecule has 2 aromatic carbocycles. The number of ether oxygens (including phenoxy) is 1. The molecule has 1 aliphatic rings. The summed E-state index contributed by atoms with van der Waals surface area (Å²) in [5.41, 5.74) is 2.88. The lowest BCUT2D eigenvalue weighted by Gasteiger charge is -2.32. The van der Waals surface area contributed by atoms with E-state index in [1.54, 1.807) is 4.57 Å². The molecule has 0 N–H and O–H groups in total. The van der Waals surface area contributed by atoms with E-state index in [-0.39, 0.29) is 0 Å². The van der Waals surface area contributed by atoms with Gasteiger partial charge in [0.1, 0.15) is 5.60 Å². The van der Waals surface area contributed by atoms with E-state index in [9.17, 15) is 4.79 Å². The number of aromatic nitrogens is 2. The van der Waals surface area contributed by atoms with E-state index in [2.05, 4.69) is 11.1 Å². The van der Waals surface area contributed by atoms with Gasteiger partial charge in [-0.1, -0.05) is 30.3 Å². The van der Waals surface area contributed by atoms with Crippen LogP contribution in [0, 0.1) is 0 Å². The number of nitrogens with zero attached hydrogens (tertiary/aromatic N) is 2. The highest BCUT2D eigenvalue weighted by Gasteiger charge is 2.51. The van der Waals surface area contributed by atoms with Crippen molar-refractivity contribution in [3.05, 3.63) is 60.9 Å². The SMILES string of the molecule is CC(C)(C)OC(=O)n1cc(-c2cnc3ccccc3c2)c2cc(B3OC(C)(C)C(C)(C)O3)ccc21. The van der Waals surface area contributed by atoms with Gasteiger partial charge in [-0.05, 0) is 72.1 Å². The van der Waals surface area contributed by atoms with Crippen molar-refractivity contribution >= 4 is 40.5 Å². The van der Waals surface area contributed by atoms with Gasteiger partial charge >= 0.3 is 13.2 Å². The Labute approximate surface area is 206 Å². The molecule has 0 radical (unpaired) electrons. The van der Waals surface area contributed by atoms with Crippen LogP contribution >= 0.6 is 0 Å². The van der Waals surface area contributed by atoms with Gasteiger partial charge in [-0.15, -0.1) is 0 Å². The average Bonchev–Trinajstić information content (AvgIpc) is 3.25. The van der Waals surface area contributed by atoms with Gasteiger partial charge < -0.3 is 14.0 Å². The first kappa shape index (κ1) is 23.6. The topological polar surface area (TPSA) is 62.6 Å². The van der Waals surface area contributed by atoms with Gasteiger partial charge in [-0.25, -0.2) is 4.79 Å². The first-order valence-corrected chi connectivity index (χ1v) is 11.9. The Morgan fingerprint density at radius 3 is 2.37 bits per heavy atom. The summed E-state index contributed by atoms with van der Waals surface area (Å²) in [6, 6.07) is 16.0. The molecular formula is C28H31BN2O4. The minimum Gasteiger partial charge on any atom is -0.443 e. The number of rotatable bonds is 2. The molecule has 0 atom stereocenters. The molecule has 6 nitrogen and oxygen atoms in total. The molecule has 0 unspecified atom stereocenters. The Bertz CT molecular complexity index is 1430. The molecule has 180 valence electrons. The smallest absolute Gasteiger partial charge is 0.443 e. The second-order valence-electron chi connectivity index (χ2n) is 11.2. The highest BCUT2D eigenvalue weighted by atomic mass is 16.7. The summed E-state index contributed by atoms with van der Waals surface area (Å²) in [7, 11) is -0.503. The average molecular weight is 470 g/mol. The molecule has 0 spiro atoms. The summed E-state index contributed by atoms with van der Waals surface area (Å²) in [5.74, 6) is 0. The van der Waals surface area contributed by atoms with Gasteiger partial charge in [-0.3, -0.25) is 9.55 Å². The number of benzene rings is 2. The second kappa shape index (κ2) is 7.93. The number of hydrogen-bond donors (Lipinski definition) is 0. The first-order valence-electron chi connectivity index (χ1n) is 11.9. The zero-order valence-corrected chi connectivity index (χ0v) is 21.4. The minimum absolute atomic E-state index is 0.425. The van der Waals surface area contributed by atoms with Crippen molar-refractivity contribution in [1.29, 1.82) is 0 Å². The molecule has 2 aromatic heterocycles. The van der Waals surface area contributed by atoms with Crippen molar-refractivity contribution in [2.75, 3.05) is 0 Å². The van der Waals surface area contributed by atoms with Crippen LogP contribution in [0.5, 0.6) is 0 Å². The van der Waals surface area contributed by atoms with Crippen LogP contribution < -0.4 is 5.46 Å². The largest absolute Gasteiger partial charge is 0.494 e. The van der Waals surface area contributed by atoms with Gasteiger partial charge in [0.05, 0.1) is 22.2 Å². The maximum Gasteiger partial charge on any atom is 0.494 e. The van der Waals surface area contributed by atoms with Crippen LogP contribution in [0.1, 0.15) is 48.5 Å².